The molecule has 0 spiro atoms. The van der Waals surface area contributed by atoms with E-state index in [9.17, 15) is 4.79 Å². The molecule has 3 heteroatoms. The Kier molecular flexibility index (Phi) is 7.09. The van der Waals surface area contributed by atoms with E-state index in [0.29, 0.717) is 28.6 Å². The zero-order chi connectivity index (χ0) is 17.6. The summed E-state index contributed by atoms with van der Waals surface area (Å²) >= 11 is 0. The molecule has 0 aliphatic heterocycles. The van der Waals surface area contributed by atoms with E-state index in [4.69, 9.17) is 4.74 Å². The number of hydrogen-bond acceptors (Lipinski definition) is 2. The molecule has 0 radical (unpaired) electrons. The van der Waals surface area contributed by atoms with E-state index in [1.165, 1.54) is 0 Å². The smallest absolute Gasteiger partial charge is 0.174 e. The van der Waals surface area contributed by atoms with Gasteiger partial charge in [0.05, 0.1) is 13.5 Å². The van der Waals surface area contributed by atoms with Crippen molar-refractivity contribution in [1.29, 1.82) is 0 Å². The first kappa shape index (κ1) is 19.5. The highest BCUT2D eigenvalue weighted by Crippen LogP contribution is 2.40. The van der Waals surface area contributed by atoms with Gasteiger partial charge < -0.3 is 4.74 Å². The monoisotopic (exact) mass is 330 g/mol. The van der Waals surface area contributed by atoms with Crippen LogP contribution in [0.5, 0.6) is 5.75 Å². The highest BCUT2D eigenvalue weighted by molar-refractivity contribution is 6.90. The summed E-state index contributed by atoms with van der Waals surface area (Å²) in [4.78, 5) is 12.3. The molecule has 0 unspecified atom stereocenters. The van der Waals surface area contributed by atoms with Crippen LogP contribution in [0.3, 0.4) is 0 Å². The summed E-state index contributed by atoms with van der Waals surface area (Å²) in [6, 6.07) is 7.24. The van der Waals surface area contributed by atoms with Gasteiger partial charge in [-0.3, -0.25) is 4.79 Å². The number of ether oxygens (including phenoxy) is 1. The van der Waals surface area contributed by atoms with Crippen molar-refractivity contribution in [3.63, 3.8) is 0 Å². The van der Waals surface area contributed by atoms with Crippen molar-refractivity contribution in [2.24, 2.45) is 0 Å². The predicted octanol–water partition coefficient (Wildman–Crippen LogP) is 5.49. The fourth-order valence-corrected chi connectivity index (χ4v) is 8.85. The van der Waals surface area contributed by atoms with E-state index >= 15 is 0 Å². The van der Waals surface area contributed by atoms with Crippen LogP contribution < -0.4 is 4.74 Å². The largest absolute Gasteiger partial charge is 0.497 e. The van der Waals surface area contributed by atoms with Gasteiger partial charge in [-0.05, 0) is 40.9 Å². The summed E-state index contributed by atoms with van der Waals surface area (Å²) in [5.74, 6) is 4.07. The Balaban J connectivity index is 2.93. The number of carbonyl (C=O) groups is 1. The summed E-state index contributed by atoms with van der Waals surface area (Å²) in [5, 5.41) is 0. The average Bonchev–Trinajstić information content (AvgIpc) is 2.50. The Bertz CT molecular complexity index is 552. The van der Waals surface area contributed by atoms with Gasteiger partial charge in [0.25, 0.3) is 0 Å². The van der Waals surface area contributed by atoms with Crippen LogP contribution in [0.25, 0.3) is 0 Å². The lowest BCUT2D eigenvalue weighted by Crippen LogP contribution is -2.43. The summed E-state index contributed by atoms with van der Waals surface area (Å²) < 4.78 is 5.12. The Morgan fingerprint density at radius 3 is 1.87 bits per heavy atom. The molecule has 23 heavy (non-hydrogen) atoms. The fraction of sp³-hybridized carbons (Fsp3) is 0.550. The van der Waals surface area contributed by atoms with Crippen molar-refractivity contribution in [2.75, 3.05) is 7.11 Å². The molecule has 0 saturated carbocycles. The van der Waals surface area contributed by atoms with E-state index < -0.39 is 8.07 Å². The summed E-state index contributed by atoms with van der Waals surface area (Å²) in [5.41, 5.74) is 6.07. The van der Waals surface area contributed by atoms with Crippen LogP contribution in [0.4, 0.5) is 0 Å². The molecule has 0 aliphatic rings. The van der Waals surface area contributed by atoms with Gasteiger partial charge in [-0.15, -0.1) is 11.5 Å². The number of benzene rings is 1. The third-order valence-corrected chi connectivity index (χ3v) is 11.2. The van der Waals surface area contributed by atoms with Crippen LogP contribution >= 0.6 is 0 Å². The van der Waals surface area contributed by atoms with Crippen LogP contribution in [-0.2, 0) is 0 Å². The van der Waals surface area contributed by atoms with Gasteiger partial charge in [-0.2, -0.15) is 0 Å². The SMILES string of the molecule is COc1ccc(C(=O)CC#C[Si](C(C)C)(C(C)C)C(C)C)cc1. The maximum Gasteiger partial charge on any atom is 0.174 e. The van der Waals surface area contributed by atoms with E-state index in [1.54, 1.807) is 19.2 Å². The Morgan fingerprint density at radius 2 is 1.48 bits per heavy atom. The lowest BCUT2D eigenvalue weighted by Gasteiger charge is -2.38. The minimum Gasteiger partial charge on any atom is -0.497 e. The molecule has 0 aromatic heterocycles. The highest BCUT2D eigenvalue weighted by Gasteiger charge is 2.41. The lowest BCUT2D eigenvalue weighted by molar-refractivity contribution is 0.0998. The van der Waals surface area contributed by atoms with E-state index in [1.807, 2.05) is 12.1 Å². The fourth-order valence-electron chi connectivity index (χ4n) is 3.59. The molecule has 1 aromatic carbocycles. The number of carbonyl (C=O) groups excluding carboxylic acids is 1. The maximum atomic E-state index is 12.3. The molecule has 0 N–H and O–H groups in total. The first-order valence-electron chi connectivity index (χ1n) is 8.43. The number of hydrogen-bond donors (Lipinski definition) is 0. The van der Waals surface area contributed by atoms with Gasteiger partial charge in [0.15, 0.2) is 5.78 Å². The van der Waals surface area contributed by atoms with Crippen molar-refractivity contribution in [2.45, 2.75) is 64.6 Å². The van der Waals surface area contributed by atoms with E-state index in [2.05, 4.69) is 53.0 Å². The number of rotatable bonds is 6. The zero-order valence-electron chi connectivity index (χ0n) is 15.6. The van der Waals surface area contributed by atoms with Crippen LogP contribution in [0.1, 0.15) is 58.3 Å². The van der Waals surface area contributed by atoms with Gasteiger partial charge in [0.1, 0.15) is 13.8 Å². The van der Waals surface area contributed by atoms with E-state index in [0.717, 1.165) is 5.75 Å². The molecule has 0 aliphatic carbocycles. The van der Waals surface area contributed by atoms with Crippen molar-refractivity contribution in [3.8, 4) is 17.2 Å². The molecular formula is C20H30O2Si. The topological polar surface area (TPSA) is 26.3 Å². The minimum atomic E-state index is -1.74. The lowest BCUT2D eigenvalue weighted by atomic mass is 10.1. The molecule has 0 atom stereocenters. The third kappa shape index (κ3) is 4.48. The molecule has 0 bridgehead atoms. The summed E-state index contributed by atoms with van der Waals surface area (Å²) in [7, 11) is -0.122. The third-order valence-electron chi connectivity index (χ3n) is 4.83. The quantitative estimate of drug-likeness (QED) is 0.392. The van der Waals surface area contributed by atoms with Gasteiger partial charge in [-0.25, -0.2) is 0 Å². The molecule has 0 amide bonds. The Labute approximate surface area is 142 Å². The predicted molar refractivity (Wildman–Crippen MR) is 101 cm³/mol. The first-order valence-corrected chi connectivity index (χ1v) is 10.7. The molecule has 0 heterocycles. The van der Waals surface area contributed by atoms with Crippen LogP contribution in [0, 0.1) is 11.5 Å². The Morgan fingerprint density at radius 1 is 1.00 bits per heavy atom. The van der Waals surface area contributed by atoms with Crippen molar-refractivity contribution in [3.05, 3.63) is 29.8 Å². The average molecular weight is 331 g/mol. The van der Waals surface area contributed by atoms with Crippen LogP contribution in [0.15, 0.2) is 24.3 Å². The molecule has 0 fully saturated rings. The first-order chi connectivity index (χ1) is 10.8. The van der Waals surface area contributed by atoms with Gasteiger partial charge in [0, 0.05) is 5.56 Å². The van der Waals surface area contributed by atoms with Gasteiger partial charge >= 0.3 is 0 Å². The summed E-state index contributed by atoms with van der Waals surface area (Å²) in [6.07, 6.45) is 0.299. The number of ketones is 1. The van der Waals surface area contributed by atoms with Gasteiger partial charge in [0.2, 0.25) is 0 Å². The van der Waals surface area contributed by atoms with Crippen molar-refractivity contribution >= 4 is 13.9 Å². The minimum absolute atomic E-state index is 0.0827. The molecule has 126 valence electrons. The normalized spacial score (nSPS) is 11.6. The number of Topliss-reactive ketones (excluding diaryl/α,β-unsaturated/α-hetero) is 1. The maximum absolute atomic E-state index is 12.3. The standard InChI is InChI=1S/C20H30O2Si/c1-15(2)23(16(3)4,17(5)6)14-8-9-20(21)18-10-12-19(22-7)13-11-18/h10-13,15-17H,9H2,1-7H3. The molecule has 1 rings (SSSR count). The highest BCUT2D eigenvalue weighted by atomic mass is 28.3. The second-order valence-electron chi connectivity index (χ2n) is 7.03. The molecule has 2 nitrogen and oxygen atoms in total. The van der Waals surface area contributed by atoms with E-state index in [-0.39, 0.29) is 5.78 Å². The number of methoxy groups -OCH3 is 1. The second-order valence-corrected chi connectivity index (χ2v) is 12.6. The Hall–Kier alpha value is -1.53. The van der Waals surface area contributed by atoms with Crippen LogP contribution in [0.2, 0.25) is 16.6 Å². The molecule has 0 saturated heterocycles. The van der Waals surface area contributed by atoms with Crippen molar-refractivity contribution < 1.29 is 9.53 Å². The molecule has 1 aromatic rings. The molecular weight excluding hydrogens is 300 g/mol. The van der Waals surface area contributed by atoms with Gasteiger partial charge in [-0.1, -0.05) is 41.5 Å². The van der Waals surface area contributed by atoms with Crippen LogP contribution in [-0.4, -0.2) is 21.0 Å². The van der Waals surface area contributed by atoms with Crippen molar-refractivity contribution in [1.82, 2.24) is 0 Å². The second kappa shape index (κ2) is 8.36. The summed E-state index contributed by atoms with van der Waals surface area (Å²) in [6.45, 7) is 13.7. The zero-order valence-corrected chi connectivity index (χ0v) is 16.6.